The minimum Gasteiger partial charge on any atom is -0.452 e. The molecule has 29 heavy (non-hydrogen) atoms. The van der Waals surface area contributed by atoms with Crippen LogP contribution in [-0.2, 0) is 20.7 Å². The molecule has 0 spiro atoms. The average molecular weight is 395 g/mol. The summed E-state index contributed by atoms with van der Waals surface area (Å²) in [6.07, 6.45) is 0.491. The molecule has 0 saturated heterocycles. The van der Waals surface area contributed by atoms with Crippen LogP contribution in [0, 0.1) is 34.6 Å². The van der Waals surface area contributed by atoms with Gasteiger partial charge in [-0.25, -0.2) is 9.50 Å². The van der Waals surface area contributed by atoms with Crippen molar-refractivity contribution in [3.05, 3.63) is 52.1 Å². The van der Waals surface area contributed by atoms with Crippen molar-refractivity contribution in [1.29, 1.82) is 0 Å². The van der Waals surface area contributed by atoms with Gasteiger partial charge in [0.1, 0.15) is 6.33 Å². The molecule has 0 unspecified atom stereocenters. The second-order valence-electron chi connectivity index (χ2n) is 7.30. The van der Waals surface area contributed by atoms with Crippen molar-refractivity contribution in [2.75, 3.05) is 5.32 Å². The lowest BCUT2D eigenvalue weighted by molar-refractivity contribution is -0.152. The zero-order valence-electron chi connectivity index (χ0n) is 17.5. The summed E-state index contributed by atoms with van der Waals surface area (Å²) < 4.78 is 6.95. The van der Waals surface area contributed by atoms with Crippen LogP contribution in [0.1, 0.15) is 40.6 Å². The lowest BCUT2D eigenvalue weighted by Gasteiger charge is -2.17. The number of esters is 1. The second-order valence-corrected chi connectivity index (χ2v) is 7.30. The molecule has 2 heterocycles. The van der Waals surface area contributed by atoms with Gasteiger partial charge in [-0.1, -0.05) is 17.7 Å². The smallest absolute Gasteiger partial charge is 0.311 e. The van der Waals surface area contributed by atoms with Gasteiger partial charge in [0.15, 0.2) is 6.10 Å². The first-order valence-electron chi connectivity index (χ1n) is 9.41. The number of amides is 1. The van der Waals surface area contributed by atoms with E-state index < -0.39 is 12.1 Å². The molecule has 2 aromatic heterocycles. The van der Waals surface area contributed by atoms with Crippen molar-refractivity contribution in [3.8, 4) is 0 Å². The standard InChI is InChI=1S/C21H25N5O3/c1-11-7-12(2)19(13(3)8-11)25-20(28)16(6)29-18(27)9-17-14(4)24-21-22-10-23-26(21)15(17)5/h7-8,10,16H,9H2,1-6H3,(H,25,28)/t16-/m0/s1. The first kappa shape index (κ1) is 20.4. The Morgan fingerprint density at radius 1 is 1.14 bits per heavy atom. The number of benzene rings is 1. The van der Waals surface area contributed by atoms with E-state index in [1.807, 2.05) is 46.8 Å². The molecule has 0 aliphatic carbocycles. The number of aromatic nitrogens is 4. The van der Waals surface area contributed by atoms with Gasteiger partial charge in [-0.2, -0.15) is 10.1 Å². The van der Waals surface area contributed by atoms with Crippen LogP contribution in [0.4, 0.5) is 5.69 Å². The van der Waals surface area contributed by atoms with Crippen molar-refractivity contribution in [1.82, 2.24) is 19.6 Å². The molecule has 1 N–H and O–H groups in total. The van der Waals surface area contributed by atoms with Crippen LogP contribution in [0.5, 0.6) is 0 Å². The summed E-state index contributed by atoms with van der Waals surface area (Å²) in [5.74, 6) is -0.391. The van der Waals surface area contributed by atoms with E-state index in [2.05, 4.69) is 20.4 Å². The first-order chi connectivity index (χ1) is 13.7. The monoisotopic (exact) mass is 395 g/mol. The molecule has 3 aromatic rings. The van der Waals surface area contributed by atoms with E-state index in [1.165, 1.54) is 6.33 Å². The SMILES string of the molecule is Cc1cc(C)c(NC(=O)[C@H](C)OC(=O)Cc2c(C)nc3ncnn3c2C)c(C)c1. The average Bonchev–Trinajstić information content (AvgIpc) is 3.09. The van der Waals surface area contributed by atoms with Crippen molar-refractivity contribution < 1.29 is 14.3 Å². The highest BCUT2D eigenvalue weighted by molar-refractivity contribution is 5.96. The lowest BCUT2D eigenvalue weighted by Crippen LogP contribution is -2.31. The van der Waals surface area contributed by atoms with Gasteiger partial charge in [0.2, 0.25) is 0 Å². The largest absolute Gasteiger partial charge is 0.452 e. The zero-order chi connectivity index (χ0) is 21.3. The van der Waals surface area contributed by atoms with Gasteiger partial charge in [0.05, 0.1) is 6.42 Å². The third-order valence-corrected chi connectivity index (χ3v) is 4.91. The summed E-state index contributed by atoms with van der Waals surface area (Å²) in [6, 6.07) is 4.00. The van der Waals surface area contributed by atoms with Crippen molar-refractivity contribution in [3.63, 3.8) is 0 Å². The van der Waals surface area contributed by atoms with E-state index in [1.54, 1.807) is 11.4 Å². The summed E-state index contributed by atoms with van der Waals surface area (Å²) in [5, 5.41) is 6.98. The number of hydrogen-bond acceptors (Lipinski definition) is 6. The molecule has 0 bridgehead atoms. The molecule has 0 fully saturated rings. The van der Waals surface area contributed by atoms with Gasteiger partial charge < -0.3 is 10.1 Å². The van der Waals surface area contributed by atoms with Crippen LogP contribution in [-0.4, -0.2) is 37.6 Å². The Morgan fingerprint density at radius 2 is 1.79 bits per heavy atom. The molecule has 152 valence electrons. The molecule has 0 saturated carbocycles. The fraction of sp³-hybridized carbons (Fsp3) is 0.381. The molecule has 0 aliphatic heterocycles. The normalized spacial score (nSPS) is 12.1. The number of rotatable bonds is 5. The summed E-state index contributed by atoms with van der Waals surface area (Å²) in [4.78, 5) is 33.4. The maximum absolute atomic E-state index is 12.5. The summed E-state index contributed by atoms with van der Waals surface area (Å²) in [7, 11) is 0. The van der Waals surface area contributed by atoms with E-state index in [-0.39, 0.29) is 12.3 Å². The third-order valence-electron chi connectivity index (χ3n) is 4.91. The van der Waals surface area contributed by atoms with Gasteiger partial charge >= 0.3 is 5.97 Å². The van der Waals surface area contributed by atoms with Crippen molar-refractivity contribution in [2.45, 2.75) is 54.1 Å². The number of ether oxygens (including phenoxy) is 1. The Morgan fingerprint density at radius 3 is 2.45 bits per heavy atom. The Labute approximate surface area is 169 Å². The number of nitrogens with one attached hydrogen (secondary N) is 1. The Balaban J connectivity index is 1.69. The lowest BCUT2D eigenvalue weighted by atomic mass is 10.0. The Kier molecular flexibility index (Phi) is 5.63. The fourth-order valence-electron chi connectivity index (χ4n) is 3.45. The van der Waals surface area contributed by atoms with E-state index in [0.29, 0.717) is 17.0 Å². The van der Waals surface area contributed by atoms with Crippen molar-refractivity contribution >= 4 is 23.3 Å². The molecule has 0 radical (unpaired) electrons. The van der Waals surface area contributed by atoms with Crippen LogP contribution in [0.2, 0.25) is 0 Å². The van der Waals surface area contributed by atoms with Crippen LogP contribution >= 0.6 is 0 Å². The summed E-state index contributed by atoms with van der Waals surface area (Å²) in [6.45, 7) is 11.1. The van der Waals surface area contributed by atoms with E-state index in [4.69, 9.17) is 4.74 Å². The number of nitrogens with zero attached hydrogens (tertiary/aromatic N) is 4. The fourth-order valence-corrected chi connectivity index (χ4v) is 3.45. The molecule has 1 atom stereocenters. The third kappa shape index (κ3) is 4.26. The van der Waals surface area contributed by atoms with E-state index in [9.17, 15) is 9.59 Å². The van der Waals surface area contributed by atoms with Crippen LogP contribution < -0.4 is 5.32 Å². The van der Waals surface area contributed by atoms with Gasteiger partial charge in [-0.05, 0) is 52.7 Å². The summed E-state index contributed by atoms with van der Waals surface area (Å²) in [5.41, 5.74) is 5.97. The molecule has 1 aromatic carbocycles. The molecule has 8 nitrogen and oxygen atoms in total. The summed E-state index contributed by atoms with van der Waals surface area (Å²) >= 11 is 0. The maximum atomic E-state index is 12.5. The second kappa shape index (κ2) is 7.98. The molecule has 1 amide bonds. The maximum Gasteiger partial charge on any atom is 0.311 e. The van der Waals surface area contributed by atoms with E-state index in [0.717, 1.165) is 28.1 Å². The molecular formula is C21H25N5O3. The molecule has 3 rings (SSSR count). The molecular weight excluding hydrogens is 370 g/mol. The van der Waals surface area contributed by atoms with Gasteiger partial charge in [0, 0.05) is 22.6 Å². The topological polar surface area (TPSA) is 98.5 Å². The minimum absolute atomic E-state index is 0.000669. The number of hydrogen-bond donors (Lipinski definition) is 1. The predicted molar refractivity (Wildman–Crippen MR) is 109 cm³/mol. The molecule has 0 aliphatic rings. The predicted octanol–water partition coefficient (Wildman–Crippen LogP) is 2.78. The van der Waals surface area contributed by atoms with Gasteiger partial charge in [-0.15, -0.1) is 0 Å². The zero-order valence-corrected chi connectivity index (χ0v) is 17.5. The quantitative estimate of drug-likeness (QED) is 0.667. The van der Waals surface area contributed by atoms with Gasteiger partial charge in [-0.3, -0.25) is 9.59 Å². The Bertz CT molecular complexity index is 1080. The van der Waals surface area contributed by atoms with Crippen LogP contribution in [0.15, 0.2) is 18.5 Å². The first-order valence-corrected chi connectivity index (χ1v) is 9.41. The molecule has 8 heteroatoms. The van der Waals surface area contributed by atoms with Gasteiger partial charge in [0.25, 0.3) is 11.7 Å². The van der Waals surface area contributed by atoms with E-state index >= 15 is 0 Å². The highest BCUT2D eigenvalue weighted by Crippen LogP contribution is 2.22. The number of aryl methyl sites for hydroxylation is 5. The Hall–Kier alpha value is -3.29. The number of carbonyl (C=O) groups excluding carboxylic acids is 2. The number of fused-ring (bicyclic) bond motifs is 1. The van der Waals surface area contributed by atoms with Crippen LogP contribution in [0.25, 0.3) is 5.78 Å². The minimum atomic E-state index is -0.925. The van der Waals surface area contributed by atoms with Crippen LogP contribution in [0.3, 0.4) is 0 Å². The highest BCUT2D eigenvalue weighted by atomic mass is 16.5. The highest BCUT2D eigenvalue weighted by Gasteiger charge is 2.21. The number of carbonyl (C=O) groups is 2. The number of anilines is 1. The van der Waals surface area contributed by atoms with Crippen molar-refractivity contribution in [2.24, 2.45) is 0 Å².